The fourth-order valence-corrected chi connectivity index (χ4v) is 12.7. The SMILES string of the molecule is COc1ccc(COC(=O)C2=C(/C=C\COC(=O)N3CCCC3)CS[C@@H]3[C@H](NC(=O)/C(=N\OC(c4ccccc4)(c4ccccc4)c4ccccc4)c4csc(NC(c5ccccc5)(c5ccccc5)c5ccccc5)n4)C(=O)N23)cc1. The van der Waals surface area contributed by atoms with Crippen LogP contribution < -0.4 is 15.4 Å². The van der Waals surface area contributed by atoms with E-state index < -0.39 is 46.4 Å². The molecule has 7 aromatic carbocycles. The molecule has 11 rings (SSSR count). The van der Waals surface area contributed by atoms with Gasteiger partial charge in [0, 0.05) is 40.9 Å². The van der Waals surface area contributed by atoms with E-state index in [1.165, 1.54) is 28.0 Å². The summed E-state index contributed by atoms with van der Waals surface area (Å²) in [7, 11) is 1.57. The first-order valence-electron chi connectivity index (χ1n) is 27.0. The van der Waals surface area contributed by atoms with Crippen LogP contribution in [0.25, 0.3) is 0 Å². The Morgan fingerprint density at radius 2 is 1.20 bits per heavy atom. The Morgan fingerprint density at radius 1 is 0.683 bits per heavy atom. The van der Waals surface area contributed by atoms with Gasteiger partial charge in [0.2, 0.25) is 5.60 Å². The highest BCUT2D eigenvalue weighted by Gasteiger charge is 2.55. The minimum Gasteiger partial charge on any atom is -0.497 e. The third-order valence-electron chi connectivity index (χ3n) is 14.7. The van der Waals surface area contributed by atoms with Crippen LogP contribution >= 0.6 is 23.1 Å². The molecule has 2 atom stereocenters. The predicted octanol–water partition coefficient (Wildman–Crippen LogP) is 11.5. The molecule has 0 spiro atoms. The average molecular weight is 1130 g/mol. The fourth-order valence-electron chi connectivity index (χ4n) is 10.6. The van der Waals surface area contributed by atoms with Crippen LogP contribution in [0.5, 0.6) is 5.75 Å². The molecule has 14 nitrogen and oxygen atoms in total. The van der Waals surface area contributed by atoms with Crippen molar-refractivity contribution in [2.45, 2.75) is 42.0 Å². The first-order chi connectivity index (χ1) is 40.3. The molecular formula is C66H58N6O8S2. The third kappa shape index (κ3) is 11.3. The number of oxime groups is 1. The van der Waals surface area contributed by atoms with E-state index in [0.29, 0.717) is 35.1 Å². The summed E-state index contributed by atoms with van der Waals surface area (Å²) in [5, 5.41) is 13.2. The van der Waals surface area contributed by atoms with E-state index in [9.17, 15) is 14.4 Å². The molecule has 16 heteroatoms. The monoisotopic (exact) mass is 1130 g/mol. The van der Waals surface area contributed by atoms with Crippen molar-refractivity contribution in [2.24, 2.45) is 5.16 Å². The summed E-state index contributed by atoms with van der Waals surface area (Å²) in [6, 6.07) is 65.4. The number of likely N-dealkylation sites (tertiary alicyclic amines) is 1. The molecule has 4 heterocycles. The number of aromatic nitrogens is 1. The number of nitrogens with zero attached hydrogens (tertiary/aromatic N) is 4. The summed E-state index contributed by atoms with van der Waals surface area (Å²) in [6.45, 7) is 1.15. The highest BCUT2D eigenvalue weighted by atomic mass is 32.2. The van der Waals surface area contributed by atoms with E-state index >= 15 is 4.79 Å². The second kappa shape index (κ2) is 25.0. The average Bonchev–Trinajstić information content (AvgIpc) is 3.71. The topological polar surface area (TPSA) is 161 Å². The number of hydrogen-bond donors (Lipinski definition) is 2. The van der Waals surface area contributed by atoms with Crippen LogP contribution in [-0.4, -0.2) is 88.3 Å². The Bertz CT molecular complexity index is 3410. The third-order valence-corrected chi connectivity index (χ3v) is 16.7. The molecule has 0 aliphatic carbocycles. The van der Waals surface area contributed by atoms with E-state index in [1.54, 1.807) is 53.8 Å². The van der Waals surface area contributed by atoms with Crippen molar-refractivity contribution in [2.75, 3.05) is 37.9 Å². The Morgan fingerprint density at radius 3 is 1.71 bits per heavy atom. The van der Waals surface area contributed by atoms with E-state index in [0.717, 1.165) is 46.2 Å². The van der Waals surface area contributed by atoms with Gasteiger partial charge in [-0.1, -0.05) is 205 Å². The van der Waals surface area contributed by atoms with Crippen molar-refractivity contribution in [1.29, 1.82) is 0 Å². The van der Waals surface area contributed by atoms with Gasteiger partial charge < -0.3 is 34.6 Å². The first kappa shape index (κ1) is 54.7. The first-order valence-corrected chi connectivity index (χ1v) is 28.9. The second-order valence-corrected chi connectivity index (χ2v) is 21.6. The number of methoxy groups -OCH3 is 1. The van der Waals surface area contributed by atoms with Gasteiger partial charge in [-0.3, -0.25) is 14.5 Å². The molecule has 3 amide bonds. The highest BCUT2D eigenvalue weighted by molar-refractivity contribution is 8.00. The van der Waals surface area contributed by atoms with Gasteiger partial charge in [0.05, 0.1) is 7.11 Å². The Labute approximate surface area is 484 Å². The van der Waals surface area contributed by atoms with Gasteiger partial charge in [0.25, 0.3) is 11.8 Å². The number of ether oxygens (including phenoxy) is 3. The summed E-state index contributed by atoms with van der Waals surface area (Å²) in [5.41, 5.74) is 3.94. The number of thioether (sulfide) groups is 1. The minimum atomic E-state index is -1.39. The molecule has 1 aromatic heterocycles. The van der Waals surface area contributed by atoms with Crippen molar-refractivity contribution in [3.63, 3.8) is 0 Å². The smallest absolute Gasteiger partial charge is 0.410 e. The Balaban J connectivity index is 0.957. The minimum absolute atomic E-state index is 0.0272. The zero-order chi connectivity index (χ0) is 56.3. The Kier molecular flexibility index (Phi) is 16.7. The van der Waals surface area contributed by atoms with Crippen LogP contribution in [0.3, 0.4) is 0 Å². The quantitative estimate of drug-likeness (QED) is 0.0246. The number of carbonyl (C=O) groups is 4. The number of fused-ring (bicyclic) bond motifs is 1. The lowest BCUT2D eigenvalue weighted by atomic mass is 9.77. The molecule has 82 heavy (non-hydrogen) atoms. The van der Waals surface area contributed by atoms with Gasteiger partial charge in [0.15, 0.2) is 10.8 Å². The number of nitrogens with one attached hydrogen (secondary N) is 2. The summed E-state index contributed by atoms with van der Waals surface area (Å²) < 4.78 is 16.7. The van der Waals surface area contributed by atoms with E-state index in [1.807, 2.05) is 146 Å². The number of thiazole rings is 1. The highest BCUT2D eigenvalue weighted by Crippen LogP contribution is 2.44. The normalized spacial score (nSPS) is 16.3. The molecule has 3 aliphatic rings. The van der Waals surface area contributed by atoms with Crippen molar-refractivity contribution in [3.05, 3.63) is 280 Å². The molecule has 8 aromatic rings. The maximum absolute atomic E-state index is 15.4. The molecular weight excluding hydrogens is 1070 g/mol. The van der Waals surface area contributed by atoms with Crippen LogP contribution in [0.1, 0.15) is 57.5 Å². The molecule has 2 fully saturated rings. The van der Waals surface area contributed by atoms with Crippen LogP contribution in [0, 0.1) is 0 Å². The van der Waals surface area contributed by atoms with Gasteiger partial charge in [-0.2, -0.15) is 0 Å². The number of carbonyl (C=O) groups excluding carboxylic acids is 4. The summed E-state index contributed by atoms with van der Waals surface area (Å²) in [6.07, 6.45) is 4.77. The predicted molar refractivity (Wildman–Crippen MR) is 318 cm³/mol. The summed E-state index contributed by atoms with van der Waals surface area (Å²) in [5.74, 6) is -1.11. The maximum atomic E-state index is 15.4. The van der Waals surface area contributed by atoms with E-state index in [4.69, 9.17) is 29.2 Å². The van der Waals surface area contributed by atoms with E-state index in [-0.39, 0.29) is 36.1 Å². The van der Waals surface area contributed by atoms with Crippen molar-refractivity contribution >= 4 is 57.8 Å². The molecule has 3 aliphatic heterocycles. The lowest BCUT2D eigenvalue weighted by molar-refractivity contribution is -0.153. The zero-order valence-electron chi connectivity index (χ0n) is 44.8. The number of benzene rings is 7. The molecule has 0 radical (unpaired) electrons. The maximum Gasteiger partial charge on any atom is 0.410 e. The Hall–Kier alpha value is -9.25. The summed E-state index contributed by atoms with van der Waals surface area (Å²) in [4.78, 5) is 72.4. The van der Waals surface area contributed by atoms with Crippen LogP contribution in [0.2, 0.25) is 0 Å². The van der Waals surface area contributed by atoms with Gasteiger partial charge in [-0.25, -0.2) is 14.6 Å². The standard InChI is InChI=1S/C66H58N6O8S2/c1-77-54-38-36-46(37-39-54)43-79-62(75)58-47(23-22-42-78-64(76)71-40-20-21-41-71)44-81-61-57(60(74)72(58)61)68-59(73)56(70-80-66(51-30-14-5-15-31-51,52-32-16-6-17-33-52)53-34-18-7-19-35-53)55-45-82-63(67-55)69-65(48-24-8-2-9-25-48,49-26-10-3-11-27-49)50-28-12-4-13-29-50/h2-19,22-39,45,57,61H,20-21,40-44H2,1H3,(H,67,69)(H,68,73)/b23-22-,70-56-/t57-,61-/m1/s1. The molecule has 0 unspecified atom stereocenters. The summed E-state index contributed by atoms with van der Waals surface area (Å²) >= 11 is 2.66. The van der Waals surface area contributed by atoms with Gasteiger partial charge in [0.1, 0.15) is 47.3 Å². The van der Waals surface area contributed by atoms with Crippen molar-refractivity contribution < 1.29 is 38.2 Å². The van der Waals surface area contributed by atoms with Crippen LogP contribution in [0.15, 0.2) is 240 Å². The van der Waals surface area contributed by atoms with Gasteiger partial charge in [-0.15, -0.1) is 23.1 Å². The van der Waals surface area contributed by atoms with Gasteiger partial charge in [-0.05, 0) is 58.9 Å². The number of esters is 1. The molecule has 2 saturated heterocycles. The van der Waals surface area contributed by atoms with Crippen molar-refractivity contribution in [1.82, 2.24) is 20.1 Å². The van der Waals surface area contributed by atoms with Crippen LogP contribution in [0.4, 0.5) is 9.93 Å². The van der Waals surface area contributed by atoms with Crippen molar-refractivity contribution in [3.8, 4) is 5.75 Å². The number of anilines is 1. The molecule has 0 saturated carbocycles. The second-order valence-electron chi connectivity index (χ2n) is 19.7. The number of allylic oxidation sites excluding steroid dienone is 1. The number of β-lactam (4-membered cyclic amide) rings is 1. The van der Waals surface area contributed by atoms with E-state index in [2.05, 4.69) is 47.0 Å². The number of rotatable bonds is 20. The lowest BCUT2D eigenvalue weighted by Crippen LogP contribution is -2.71. The molecule has 2 N–H and O–H groups in total. The largest absolute Gasteiger partial charge is 0.497 e. The fraction of sp³-hybridized carbons (Fsp3) is 0.182. The molecule has 412 valence electrons. The molecule has 0 bridgehead atoms. The van der Waals surface area contributed by atoms with Gasteiger partial charge >= 0.3 is 12.1 Å². The lowest BCUT2D eigenvalue weighted by Gasteiger charge is -2.49. The van der Waals surface area contributed by atoms with Crippen LogP contribution in [-0.2, 0) is 46.4 Å². The number of hydrogen-bond acceptors (Lipinski definition) is 13. The number of amides is 3. The zero-order valence-corrected chi connectivity index (χ0v) is 46.5.